The molecule has 0 spiro atoms. The van der Waals surface area contributed by atoms with E-state index in [1.54, 1.807) is 0 Å². The molecule has 0 bridgehead atoms. The lowest BCUT2D eigenvalue weighted by Crippen LogP contribution is -2.31. The standard InChI is InChI=1S/C14H19NO4/c1-9-5-10(2)14(11(3)6-9)18-7-13(17)15-8-19-12(4)16/h5-6H,7-8H2,1-4H3,(H,15,17). The Morgan fingerprint density at radius 1 is 1.16 bits per heavy atom. The second-order valence-electron chi connectivity index (χ2n) is 4.40. The Bertz CT molecular complexity index is 459. The van der Waals surface area contributed by atoms with Crippen LogP contribution in [-0.2, 0) is 14.3 Å². The number of amides is 1. The summed E-state index contributed by atoms with van der Waals surface area (Å²) >= 11 is 0. The normalized spacial score (nSPS) is 9.89. The summed E-state index contributed by atoms with van der Waals surface area (Å²) < 4.78 is 10.1. The number of carbonyl (C=O) groups excluding carboxylic acids is 2. The molecule has 0 aliphatic rings. The zero-order valence-electron chi connectivity index (χ0n) is 11.7. The first kappa shape index (κ1) is 15.0. The summed E-state index contributed by atoms with van der Waals surface area (Å²) in [6.45, 7) is 6.92. The number of hydrogen-bond donors (Lipinski definition) is 1. The molecule has 0 heterocycles. The minimum atomic E-state index is -0.438. The minimum absolute atomic E-state index is 0.105. The fourth-order valence-corrected chi connectivity index (χ4v) is 1.80. The van der Waals surface area contributed by atoms with Gasteiger partial charge in [-0.15, -0.1) is 0 Å². The third-order valence-electron chi connectivity index (χ3n) is 2.50. The van der Waals surface area contributed by atoms with Crippen LogP contribution in [0.15, 0.2) is 12.1 Å². The highest BCUT2D eigenvalue weighted by Crippen LogP contribution is 2.24. The van der Waals surface area contributed by atoms with E-state index in [-0.39, 0.29) is 19.2 Å². The van der Waals surface area contributed by atoms with Crippen molar-refractivity contribution in [2.24, 2.45) is 0 Å². The highest BCUT2D eigenvalue weighted by molar-refractivity contribution is 5.77. The molecule has 1 aromatic rings. The maximum Gasteiger partial charge on any atom is 0.304 e. The summed E-state index contributed by atoms with van der Waals surface area (Å²) in [6, 6.07) is 4.00. The highest BCUT2D eigenvalue weighted by Gasteiger charge is 2.08. The average molecular weight is 265 g/mol. The Labute approximate surface area is 112 Å². The lowest BCUT2D eigenvalue weighted by molar-refractivity contribution is -0.143. The van der Waals surface area contributed by atoms with Gasteiger partial charge in [-0.25, -0.2) is 0 Å². The Morgan fingerprint density at radius 2 is 1.74 bits per heavy atom. The molecule has 0 aliphatic carbocycles. The van der Waals surface area contributed by atoms with Gasteiger partial charge >= 0.3 is 5.97 Å². The summed E-state index contributed by atoms with van der Waals surface area (Å²) in [5, 5.41) is 2.43. The maximum atomic E-state index is 11.5. The molecule has 1 N–H and O–H groups in total. The first-order valence-corrected chi connectivity index (χ1v) is 6.01. The zero-order chi connectivity index (χ0) is 14.4. The van der Waals surface area contributed by atoms with E-state index in [4.69, 9.17) is 4.74 Å². The van der Waals surface area contributed by atoms with Crippen LogP contribution in [0.5, 0.6) is 5.75 Å². The molecule has 0 unspecified atom stereocenters. The van der Waals surface area contributed by atoms with E-state index in [2.05, 4.69) is 10.1 Å². The second-order valence-corrected chi connectivity index (χ2v) is 4.40. The largest absolute Gasteiger partial charge is 0.483 e. The van der Waals surface area contributed by atoms with Crippen molar-refractivity contribution in [3.05, 3.63) is 28.8 Å². The number of aryl methyl sites for hydroxylation is 3. The van der Waals surface area contributed by atoms with E-state index < -0.39 is 5.97 Å². The van der Waals surface area contributed by atoms with Gasteiger partial charge in [0.25, 0.3) is 5.91 Å². The summed E-state index contributed by atoms with van der Waals surface area (Å²) in [7, 11) is 0. The number of rotatable bonds is 5. The Hall–Kier alpha value is -2.04. The number of ether oxygens (including phenoxy) is 2. The van der Waals surface area contributed by atoms with Crippen molar-refractivity contribution in [1.29, 1.82) is 0 Å². The van der Waals surface area contributed by atoms with E-state index >= 15 is 0 Å². The molecular weight excluding hydrogens is 246 g/mol. The van der Waals surface area contributed by atoms with Crippen molar-refractivity contribution in [2.75, 3.05) is 13.3 Å². The van der Waals surface area contributed by atoms with Gasteiger partial charge in [0.2, 0.25) is 0 Å². The topological polar surface area (TPSA) is 64.6 Å². The van der Waals surface area contributed by atoms with Crippen LogP contribution in [-0.4, -0.2) is 25.2 Å². The van der Waals surface area contributed by atoms with Crippen molar-refractivity contribution >= 4 is 11.9 Å². The summed E-state index contributed by atoms with van der Waals surface area (Å²) in [6.07, 6.45) is 0. The van der Waals surface area contributed by atoms with Gasteiger partial charge in [-0.2, -0.15) is 0 Å². The van der Waals surface area contributed by atoms with E-state index in [1.165, 1.54) is 6.92 Å². The van der Waals surface area contributed by atoms with E-state index in [1.807, 2.05) is 32.9 Å². The first-order chi connectivity index (χ1) is 8.90. The molecule has 1 amide bonds. The van der Waals surface area contributed by atoms with Gasteiger partial charge in [0.1, 0.15) is 5.75 Å². The van der Waals surface area contributed by atoms with Crippen LogP contribution in [0.1, 0.15) is 23.6 Å². The third kappa shape index (κ3) is 4.99. The number of carbonyl (C=O) groups is 2. The molecule has 0 saturated heterocycles. The quantitative estimate of drug-likeness (QED) is 0.649. The van der Waals surface area contributed by atoms with Crippen LogP contribution < -0.4 is 10.1 Å². The van der Waals surface area contributed by atoms with Crippen LogP contribution in [0.25, 0.3) is 0 Å². The monoisotopic (exact) mass is 265 g/mol. The maximum absolute atomic E-state index is 11.5. The summed E-state index contributed by atoms with van der Waals surface area (Å²) in [4.78, 5) is 22.0. The van der Waals surface area contributed by atoms with Crippen LogP contribution >= 0.6 is 0 Å². The van der Waals surface area contributed by atoms with Gasteiger partial charge in [0, 0.05) is 6.92 Å². The molecule has 5 nitrogen and oxygen atoms in total. The number of benzene rings is 1. The van der Waals surface area contributed by atoms with E-state index in [0.717, 1.165) is 16.7 Å². The molecule has 0 atom stereocenters. The second kappa shape index (κ2) is 6.78. The van der Waals surface area contributed by atoms with Crippen molar-refractivity contribution in [3.8, 4) is 5.75 Å². The first-order valence-electron chi connectivity index (χ1n) is 6.01. The molecule has 104 valence electrons. The van der Waals surface area contributed by atoms with Gasteiger partial charge in [-0.1, -0.05) is 17.7 Å². The van der Waals surface area contributed by atoms with Crippen LogP contribution in [0.2, 0.25) is 0 Å². The fraction of sp³-hybridized carbons (Fsp3) is 0.429. The van der Waals surface area contributed by atoms with Crippen LogP contribution in [0.3, 0.4) is 0 Å². The Balaban J connectivity index is 2.48. The van der Waals surface area contributed by atoms with Gasteiger partial charge in [0.05, 0.1) is 0 Å². The van der Waals surface area contributed by atoms with Gasteiger partial charge in [0.15, 0.2) is 13.3 Å². The highest BCUT2D eigenvalue weighted by atomic mass is 16.5. The number of hydrogen-bond acceptors (Lipinski definition) is 4. The lowest BCUT2D eigenvalue weighted by atomic mass is 10.1. The summed E-state index contributed by atoms with van der Waals surface area (Å²) in [5.41, 5.74) is 3.14. The third-order valence-corrected chi connectivity index (χ3v) is 2.50. The summed E-state index contributed by atoms with van der Waals surface area (Å²) in [5.74, 6) is -0.0553. The molecule has 0 aromatic heterocycles. The number of esters is 1. The van der Waals surface area contributed by atoms with E-state index in [9.17, 15) is 9.59 Å². The van der Waals surface area contributed by atoms with Crippen molar-refractivity contribution in [3.63, 3.8) is 0 Å². The van der Waals surface area contributed by atoms with Crippen LogP contribution in [0, 0.1) is 20.8 Å². The molecule has 0 aliphatic heterocycles. The molecule has 1 rings (SSSR count). The van der Waals surface area contributed by atoms with Crippen LogP contribution in [0.4, 0.5) is 0 Å². The molecule has 5 heteroatoms. The SMILES string of the molecule is CC(=O)OCNC(=O)COc1c(C)cc(C)cc1C. The smallest absolute Gasteiger partial charge is 0.304 e. The average Bonchev–Trinajstić information content (AvgIpc) is 2.26. The van der Waals surface area contributed by atoms with Gasteiger partial charge in [-0.3, -0.25) is 9.59 Å². The Morgan fingerprint density at radius 3 is 2.26 bits per heavy atom. The molecule has 0 radical (unpaired) electrons. The van der Waals surface area contributed by atoms with Crippen molar-refractivity contribution < 1.29 is 19.1 Å². The molecular formula is C14H19NO4. The lowest BCUT2D eigenvalue weighted by Gasteiger charge is -2.13. The Kier molecular flexibility index (Phi) is 5.36. The molecule has 1 aromatic carbocycles. The zero-order valence-corrected chi connectivity index (χ0v) is 11.7. The predicted octanol–water partition coefficient (Wildman–Crippen LogP) is 1.63. The van der Waals surface area contributed by atoms with Crippen molar-refractivity contribution in [2.45, 2.75) is 27.7 Å². The van der Waals surface area contributed by atoms with Gasteiger partial charge < -0.3 is 14.8 Å². The fourth-order valence-electron chi connectivity index (χ4n) is 1.80. The molecule has 0 saturated carbocycles. The number of nitrogens with one attached hydrogen (secondary N) is 1. The molecule has 0 fully saturated rings. The van der Waals surface area contributed by atoms with Gasteiger partial charge in [-0.05, 0) is 31.9 Å². The predicted molar refractivity (Wildman–Crippen MR) is 70.9 cm³/mol. The molecule has 19 heavy (non-hydrogen) atoms. The van der Waals surface area contributed by atoms with E-state index in [0.29, 0.717) is 5.75 Å². The minimum Gasteiger partial charge on any atom is -0.483 e. The van der Waals surface area contributed by atoms with Crippen molar-refractivity contribution in [1.82, 2.24) is 5.32 Å².